The first kappa shape index (κ1) is 6.55. The summed E-state index contributed by atoms with van der Waals surface area (Å²) in [7, 11) is 0. The van der Waals surface area contributed by atoms with Gasteiger partial charge in [-0.2, -0.15) is 0 Å². The standard InChI is InChI=1S/C2HF2O2S/c3-2(4,1-5)7-6/h1H/q+1. The van der Waals surface area contributed by atoms with Crippen LogP contribution in [0.1, 0.15) is 0 Å². The normalized spacial score (nSPS) is 10.6. The van der Waals surface area contributed by atoms with E-state index in [1.807, 2.05) is 0 Å². The Morgan fingerprint density at radius 1 is 1.57 bits per heavy atom. The number of alkyl halides is 2. The molecule has 0 rings (SSSR count). The van der Waals surface area contributed by atoms with Crippen molar-refractivity contribution >= 4 is 18.0 Å². The second kappa shape index (κ2) is 2.02. The molecule has 0 spiro atoms. The minimum Gasteiger partial charge on any atom is -0.290 e. The third-order valence-corrected chi connectivity index (χ3v) is 0.567. The predicted molar refractivity (Wildman–Crippen MR) is 19.1 cm³/mol. The molecule has 0 saturated heterocycles. The molecule has 0 amide bonds. The first-order valence-corrected chi connectivity index (χ1v) is 2.01. The molecule has 0 heterocycles. The molecule has 0 aromatic rings. The Balaban J connectivity index is 3.82. The zero-order valence-corrected chi connectivity index (χ0v) is 3.87. The van der Waals surface area contributed by atoms with Crippen molar-refractivity contribution in [3.63, 3.8) is 0 Å². The van der Waals surface area contributed by atoms with Gasteiger partial charge in [0.25, 0.3) is 6.29 Å². The van der Waals surface area contributed by atoms with Crippen LogP contribution in [0.15, 0.2) is 0 Å². The van der Waals surface area contributed by atoms with Gasteiger partial charge in [0.2, 0.25) is 0 Å². The Morgan fingerprint density at radius 3 is 2.00 bits per heavy atom. The number of aldehydes is 1. The Hall–Kier alpha value is -0.450. The highest BCUT2D eigenvalue weighted by Gasteiger charge is 2.45. The Bertz CT molecular complexity index is 81.7. The molecule has 2 nitrogen and oxygen atoms in total. The summed E-state index contributed by atoms with van der Waals surface area (Å²) < 4.78 is 31.4. The topological polar surface area (TPSA) is 34.1 Å². The monoisotopic (exact) mass is 127 g/mol. The second-order valence-electron chi connectivity index (χ2n) is 0.763. The van der Waals surface area contributed by atoms with E-state index in [0.29, 0.717) is 0 Å². The van der Waals surface area contributed by atoms with Crippen LogP contribution in [-0.4, -0.2) is 11.5 Å². The van der Waals surface area contributed by atoms with Gasteiger partial charge in [-0.1, -0.05) is 0 Å². The minimum absolute atomic E-state index is 0.690. The summed E-state index contributed by atoms with van der Waals surface area (Å²) in [5, 5.41) is -3.74. The smallest absolute Gasteiger partial charge is 0.290 e. The summed E-state index contributed by atoms with van der Waals surface area (Å²) >= 11 is -1.02. The maximum absolute atomic E-state index is 11.2. The Morgan fingerprint density at radius 2 is 2.00 bits per heavy atom. The van der Waals surface area contributed by atoms with Gasteiger partial charge in [-0.05, 0) is 0 Å². The van der Waals surface area contributed by atoms with E-state index in [0.717, 1.165) is 0 Å². The van der Waals surface area contributed by atoms with Gasteiger partial charge in [0.05, 0.1) is 0 Å². The summed E-state index contributed by atoms with van der Waals surface area (Å²) in [6, 6.07) is 0. The molecule has 7 heavy (non-hydrogen) atoms. The van der Waals surface area contributed by atoms with E-state index >= 15 is 0 Å². The van der Waals surface area contributed by atoms with Crippen molar-refractivity contribution in [2.75, 3.05) is 0 Å². The molecule has 0 saturated carbocycles. The lowest BCUT2D eigenvalue weighted by Gasteiger charge is -1.75. The molecule has 0 aliphatic rings. The van der Waals surface area contributed by atoms with Gasteiger partial charge in [-0.25, -0.2) is 0 Å². The SMILES string of the molecule is O=CC(F)(F)[S+]=O. The van der Waals surface area contributed by atoms with Gasteiger partial charge in [-0.15, -0.1) is 8.78 Å². The van der Waals surface area contributed by atoms with Crippen LogP contribution in [0.2, 0.25) is 0 Å². The maximum atomic E-state index is 11.2. The molecule has 0 bridgehead atoms. The molecule has 0 atom stereocenters. The maximum Gasteiger partial charge on any atom is 0.587 e. The molecule has 0 aliphatic carbocycles. The molecule has 40 valence electrons. The molecule has 0 radical (unpaired) electrons. The quantitative estimate of drug-likeness (QED) is 0.392. The van der Waals surface area contributed by atoms with Crippen molar-refractivity contribution < 1.29 is 17.8 Å². The van der Waals surface area contributed by atoms with Crippen LogP contribution < -0.4 is 0 Å². The Labute approximate surface area is 42.0 Å². The first-order valence-electron chi connectivity index (χ1n) is 1.27. The van der Waals surface area contributed by atoms with E-state index in [-0.39, 0.29) is 0 Å². The highest BCUT2D eigenvalue weighted by atomic mass is 32.1. The van der Waals surface area contributed by atoms with Crippen LogP contribution in [0, 0.1) is 0 Å². The van der Waals surface area contributed by atoms with Gasteiger partial charge in [0.1, 0.15) is 0 Å². The fraction of sp³-hybridized carbons (Fsp3) is 0.500. The minimum atomic E-state index is -3.74. The van der Waals surface area contributed by atoms with E-state index in [9.17, 15) is 8.78 Å². The summed E-state index contributed by atoms with van der Waals surface area (Å²) in [4.78, 5) is 9.09. The van der Waals surface area contributed by atoms with Crippen LogP contribution in [0.4, 0.5) is 8.78 Å². The summed E-state index contributed by atoms with van der Waals surface area (Å²) in [5.41, 5.74) is 0. The Kier molecular flexibility index (Phi) is 1.89. The molecule has 0 fully saturated rings. The van der Waals surface area contributed by atoms with Gasteiger partial charge in [0, 0.05) is 4.21 Å². The van der Waals surface area contributed by atoms with Gasteiger partial charge < -0.3 is 0 Å². The van der Waals surface area contributed by atoms with E-state index < -0.39 is 23.2 Å². The van der Waals surface area contributed by atoms with Crippen molar-refractivity contribution in [2.45, 2.75) is 5.25 Å². The summed E-state index contributed by atoms with van der Waals surface area (Å²) in [5.74, 6) is 0. The highest BCUT2D eigenvalue weighted by Crippen LogP contribution is 2.05. The summed E-state index contributed by atoms with van der Waals surface area (Å²) in [6.45, 7) is 0. The largest absolute Gasteiger partial charge is 0.587 e. The predicted octanol–water partition coefficient (Wildman–Crippen LogP) is 0.206. The van der Waals surface area contributed by atoms with Gasteiger partial charge in [0.15, 0.2) is 0 Å². The second-order valence-corrected chi connectivity index (χ2v) is 1.47. The summed E-state index contributed by atoms with van der Waals surface area (Å²) in [6.07, 6.45) is -0.690. The van der Waals surface area contributed by atoms with Gasteiger partial charge in [-0.3, -0.25) is 4.79 Å². The third-order valence-electron chi connectivity index (χ3n) is 0.248. The number of carbonyl (C=O) groups is 1. The number of rotatable bonds is 2. The zero-order valence-electron chi connectivity index (χ0n) is 3.06. The molecule has 0 aromatic heterocycles. The highest BCUT2D eigenvalue weighted by molar-refractivity contribution is 7.67. The van der Waals surface area contributed by atoms with E-state index in [1.165, 1.54) is 0 Å². The number of carbonyl (C=O) groups excluding carboxylic acids is 1. The van der Waals surface area contributed by atoms with E-state index in [4.69, 9.17) is 9.00 Å². The van der Waals surface area contributed by atoms with Crippen molar-refractivity contribution in [1.82, 2.24) is 0 Å². The lowest BCUT2D eigenvalue weighted by atomic mass is 10.8. The molecular formula is C2HF2O2S+. The van der Waals surface area contributed by atoms with Crippen LogP contribution in [-0.2, 0) is 20.7 Å². The lowest BCUT2D eigenvalue weighted by Crippen LogP contribution is -2.14. The molecular weight excluding hydrogens is 126 g/mol. The van der Waals surface area contributed by atoms with Crippen molar-refractivity contribution in [2.24, 2.45) is 0 Å². The number of hydrogen-bond donors (Lipinski definition) is 0. The molecule has 0 N–H and O–H groups in total. The molecule has 0 unspecified atom stereocenters. The van der Waals surface area contributed by atoms with Gasteiger partial charge >= 0.3 is 16.9 Å². The van der Waals surface area contributed by atoms with E-state index in [2.05, 4.69) is 0 Å². The zero-order chi connectivity index (χ0) is 5.91. The lowest BCUT2D eigenvalue weighted by molar-refractivity contribution is -0.119. The third kappa shape index (κ3) is 2.27. The van der Waals surface area contributed by atoms with E-state index in [1.54, 1.807) is 0 Å². The van der Waals surface area contributed by atoms with Crippen LogP contribution >= 0.6 is 0 Å². The van der Waals surface area contributed by atoms with Crippen molar-refractivity contribution in [1.29, 1.82) is 0 Å². The van der Waals surface area contributed by atoms with Crippen LogP contribution in [0.3, 0.4) is 0 Å². The molecule has 5 heteroatoms. The van der Waals surface area contributed by atoms with Crippen molar-refractivity contribution in [3.05, 3.63) is 0 Å². The van der Waals surface area contributed by atoms with Crippen LogP contribution in [0.25, 0.3) is 0 Å². The average Bonchev–Trinajstić information content (AvgIpc) is 1.68. The number of hydrogen-bond acceptors (Lipinski definition) is 2. The average molecular weight is 127 g/mol. The number of halogens is 2. The molecule has 0 aromatic carbocycles. The first-order chi connectivity index (χ1) is 3.12. The fourth-order valence-electron chi connectivity index (χ4n) is 0.0196. The van der Waals surface area contributed by atoms with Crippen LogP contribution in [0.5, 0.6) is 0 Å². The molecule has 0 aliphatic heterocycles. The fourth-order valence-corrected chi connectivity index (χ4v) is 0.0589. The van der Waals surface area contributed by atoms with Crippen molar-refractivity contribution in [3.8, 4) is 0 Å².